The van der Waals surface area contributed by atoms with Gasteiger partial charge in [-0.3, -0.25) is 4.79 Å². The van der Waals surface area contributed by atoms with Gasteiger partial charge in [0.1, 0.15) is 5.76 Å². The van der Waals surface area contributed by atoms with Gasteiger partial charge in [-0.2, -0.15) is 0 Å². The smallest absolute Gasteiger partial charge is 0.266 e. The quantitative estimate of drug-likeness (QED) is 0.904. The standard InChI is InChI=1S/C20H21NO2/c1-20(2,3)21-19(22)18-16-12-8-7-11-15(16)13-17(23-18)14-9-5-4-6-10-14/h4-13,18H,1-3H3,(H,21,22). The van der Waals surface area contributed by atoms with Crippen molar-refractivity contribution in [1.82, 2.24) is 5.32 Å². The summed E-state index contributed by atoms with van der Waals surface area (Å²) < 4.78 is 6.06. The fourth-order valence-corrected chi connectivity index (χ4v) is 2.63. The third-order valence-corrected chi connectivity index (χ3v) is 3.60. The highest BCUT2D eigenvalue weighted by Crippen LogP contribution is 2.35. The Morgan fingerprint density at radius 3 is 2.35 bits per heavy atom. The van der Waals surface area contributed by atoms with Crippen molar-refractivity contribution in [3.8, 4) is 0 Å². The van der Waals surface area contributed by atoms with Crippen LogP contribution >= 0.6 is 0 Å². The van der Waals surface area contributed by atoms with Crippen molar-refractivity contribution in [2.75, 3.05) is 0 Å². The molecule has 0 aliphatic carbocycles. The molecule has 3 nitrogen and oxygen atoms in total. The van der Waals surface area contributed by atoms with Crippen molar-refractivity contribution in [1.29, 1.82) is 0 Å². The van der Waals surface area contributed by atoms with Crippen LogP contribution in [0, 0.1) is 0 Å². The number of carbonyl (C=O) groups excluding carboxylic acids is 1. The zero-order valence-electron chi connectivity index (χ0n) is 13.7. The van der Waals surface area contributed by atoms with Gasteiger partial charge in [-0.15, -0.1) is 0 Å². The van der Waals surface area contributed by atoms with E-state index in [4.69, 9.17) is 4.74 Å². The van der Waals surface area contributed by atoms with Gasteiger partial charge < -0.3 is 10.1 Å². The summed E-state index contributed by atoms with van der Waals surface area (Å²) in [5.74, 6) is 0.602. The normalized spacial score (nSPS) is 16.8. The topological polar surface area (TPSA) is 38.3 Å². The molecule has 2 aromatic carbocycles. The second kappa shape index (κ2) is 5.92. The van der Waals surface area contributed by atoms with E-state index < -0.39 is 6.10 Å². The molecule has 0 saturated heterocycles. The summed E-state index contributed by atoms with van der Waals surface area (Å²) in [4.78, 5) is 12.7. The van der Waals surface area contributed by atoms with Crippen molar-refractivity contribution in [3.63, 3.8) is 0 Å². The lowest BCUT2D eigenvalue weighted by atomic mass is 9.96. The summed E-state index contributed by atoms with van der Waals surface area (Å²) in [5, 5.41) is 3.01. The summed E-state index contributed by atoms with van der Waals surface area (Å²) in [7, 11) is 0. The van der Waals surface area contributed by atoms with E-state index in [2.05, 4.69) is 5.32 Å². The molecule has 1 unspecified atom stereocenters. The van der Waals surface area contributed by atoms with Crippen LogP contribution in [0.1, 0.15) is 43.6 Å². The largest absolute Gasteiger partial charge is 0.475 e. The molecule has 3 rings (SSSR count). The van der Waals surface area contributed by atoms with Crippen LogP contribution in [0.3, 0.4) is 0 Å². The Labute approximate surface area is 137 Å². The summed E-state index contributed by atoms with van der Waals surface area (Å²) in [6, 6.07) is 17.7. The lowest BCUT2D eigenvalue weighted by Gasteiger charge is -2.29. The van der Waals surface area contributed by atoms with E-state index in [1.807, 2.05) is 81.4 Å². The van der Waals surface area contributed by atoms with Crippen LogP contribution in [0.2, 0.25) is 0 Å². The third kappa shape index (κ3) is 3.45. The van der Waals surface area contributed by atoms with E-state index in [9.17, 15) is 4.79 Å². The molecule has 1 N–H and O–H groups in total. The fraction of sp³-hybridized carbons (Fsp3) is 0.250. The Balaban J connectivity index is 1.99. The Hall–Kier alpha value is -2.55. The van der Waals surface area contributed by atoms with Gasteiger partial charge in [0.15, 0.2) is 0 Å². The number of carbonyl (C=O) groups is 1. The van der Waals surface area contributed by atoms with E-state index in [1.54, 1.807) is 0 Å². The van der Waals surface area contributed by atoms with E-state index >= 15 is 0 Å². The molecule has 1 heterocycles. The fourth-order valence-electron chi connectivity index (χ4n) is 2.63. The number of hydrogen-bond acceptors (Lipinski definition) is 2. The predicted octanol–water partition coefficient (Wildman–Crippen LogP) is 4.17. The highest BCUT2D eigenvalue weighted by atomic mass is 16.5. The van der Waals surface area contributed by atoms with Crippen LogP contribution in [0.4, 0.5) is 0 Å². The Bertz CT molecular complexity index is 742. The number of nitrogens with one attached hydrogen (secondary N) is 1. The first-order valence-corrected chi connectivity index (χ1v) is 7.79. The van der Waals surface area contributed by atoms with Crippen LogP contribution < -0.4 is 5.32 Å². The average Bonchev–Trinajstić information content (AvgIpc) is 2.53. The minimum atomic E-state index is -0.634. The van der Waals surface area contributed by atoms with Crippen LogP contribution in [0.25, 0.3) is 11.8 Å². The van der Waals surface area contributed by atoms with Gasteiger partial charge in [-0.25, -0.2) is 0 Å². The number of fused-ring (bicyclic) bond motifs is 1. The summed E-state index contributed by atoms with van der Waals surface area (Å²) in [6.45, 7) is 5.90. The molecule has 1 aliphatic rings. The van der Waals surface area contributed by atoms with E-state index in [0.717, 1.165) is 22.4 Å². The first kappa shape index (κ1) is 15.3. The van der Waals surface area contributed by atoms with Gasteiger partial charge >= 0.3 is 0 Å². The Morgan fingerprint density at radius 1 is 1.00 bits per heavy atom. The van der Waals surface area contributed by atoms with Crippen molar-refractivity contribution in [2.45, 2.75) is 32.4 Å². The second-order valence-electron chi connectivity index (χ2n) is 6.74. The molecule has 0 radical (unpaired) electrons. The Morgan fingerprint density at radius 2 is 1.65 bits per heavy atom. The third-order valence-electron chi connectivity index (χ3n) is 3.60. The summed E-state index contributed by atoms with van der Waals surface area (Å²) in [5.41, 5.74) is 2.58. The molecular weight excluding hydrogens is 286 g/mol. The molecule has 2 aromatic rings. The van der Waals surface area contributed by atoms with E-state index in [1.165, 1.54) is 0 Å². The molecule has 0 fully saturated rings. The van der Waals surface area contributed by atoms with Gasteiger partial charge in [0.25, 0.3) is 5.91 Å². The first-order valence-electron chi connectivity index (χ1n) is 7.79. The maximum absolute atomic E-state index is 12.7. The first-order chi connectivity index (χ1) is 10.9. The minimum absolute atomic E-state index is 0.119. The molecule has 1 atom stereocenters. The van der Waals surface area contributed by atoms with Crippen molar-refractivity contribution in [2.24, 2.45) is 0 Å². The maximum Gasteiger partial charge on any atom is 0.266 e. The van der Waals surface area contributed by atoms with Gasteiger partial charge in [-0.05, 0) is 32.4 Å². The number of hydrogen-bond donors (Lipinski definition) is 1. The summed E-state index contributed by atoms with van der Waals surface area (Å²) >= 11 is 0. The summed E-state index contributed by atoms with van der Waals surface area (Å²) in [6.07, 6.45) is 1.36. The van der Waals surface area contributed by atoms with Crippen LogP contribution in [0.15, 0.2) is 54.6 Å². The van der Waals surface area contributed by atoms with E-state index in [0.29, 0.717) is 0 Å². The average molecular weight is 307 g/mol. The van der Waals surface area contributed by atoms with Crippen molar-refractivity contribution >= 4 is 17.7 Å². The molecule has 23 heavy (non-hydrogen) atoms. The van der Waals surface area contributed by atoms with Crippen molar-refractivity contribution < 1.29 is 9.53 Å². The number of amides is 1. The molecule has 0 bridgehead atoms. The molecule has 118 valence electrons. The molecule has 0 spiro atoms. The molecule has 0 saturated carbocycles. The highest BCUT2D eigenvalue weighted by molar-refractivity contribution is 5.90. The minimum Gasteiger partial charge on any atom is -0.475 e. The lowest BCUT2D eigenvalue weighted by molar-refractivity contribution is -0.131. The van der Waals surface area contributed by atoms with Gasteiger partial charge in [0.05, 0.1) is 0 Å². The van der Waals surface area contributed by atoms with Crippen LogP contribution in [-0.2, 0) is 9.53 Å². The second-order valence-corrected chi connectivity index (χ2v) is 6.74. The number of rotatable bonds is 2. The monoisotopic (exact) mass is 307 g/mol. The SMILES string of the molecule is CC(C)(C)NC(=O)C1OC(c2ccccc2)=Cc2ccccc21. The van der Waals surface area contributed by atoms with Gasteiger partial charge in [0.2, 0.25) is 6.10 Å². The number of ether oxygens (including phenoxy) is 1. The molecule has 1 amide bonds. The van der Waals surface area contributed by atoms with Gasteiger partial charge in [0, 0.05) is 16.7 Å². The molecule has 1 aliphatic heterocycles. The molecular formula is C20H21NO2. The maximum atomic E-state index is 12.7. The zero-order chi connectivity index (χ0) is 16.4. The van der Waals surface area contributed by atoms with E-state index in [-0.39, 0.29) is 11.4 Å². The molecule has 3 heteroatoms. The predicted molar refractivity (Wildman–Crippen MR) is 92.5 cm³/mol. The Kier molecular flexibility index (Phi) is 3.95. The van der Waals surface area contributed by atoms with Crippen LogP contribution in [0.5, 0.6) is 0 Å². The van der Waals surface area contributed by atoms with Crippen LogP contribution in [-0.4, -0.2) is 11.4 Å². The number of benzene rings is 2. The van der Waals surface area contributed by atoms with Gasteiger partial charge in [-0.1, -0.05) is 54.6 Å². The highest BCUT2D eigenvalue weighted by Gasteiger charge is 2.31. The lowest BCUT2D eigenvalue weighted by Crippen LogP contribution is -2.44. The van der Waals surface area contributed by atoms with Crippen molar-refractivity contribution in [3.05, 3.63) is 71.3 Å². The molecule has 0 aromatic heterocycles. The zero-order valence-corrected chi connectivity index (χ0v) is 13.7.